The lowest BCUT2D eigenvalue weighted by Gasteiger charge is -2.32. The first-order valence-corrected chi connectivity index (χ1v) is 8.58. The van der Waals surface area contributed by atoms with Crippen molar-refractivity contribution >= 4 is 23.0 Å². The topological polar surface area (TPSA) is 60.7 Å². The molecular weight excluding hydrogens is 316 g/mol. The van der Waals surface area contributed by atoms with Gasteiger partial charge in [-0.2, -0.15) is 5.26 Å². The van der Waals surface area contributed by atoms with E-state index in [1.807, 2.05) is 36.5 Å². The van der Waals surface area contributed by atoms with Crippen molar-refractivity contribution in [3.05, 3.63) is 59.9 Å². The summed E-state index contributed by atoms with van der Waals surface area (Å²) in [5, 5.41) is 16.1. The molecule has 5 heteroatoms. The number of hydrogen-bond donors (Lipinski definition) is 2. The average molecular weight is 336 g/mol. The quantitative estimate of drug-likeness (QED) is 0.829. The number of nitrogens with zero attached hydrogens (tertiary/aromatic N) is 2. The highest BCUT2D eigenvalue weighted by atomic mass is 32.1. The SMILES string of the molecule is N#CCc1ccc(NC(=S)NC2(c3cccnc3)CCCC2)cc1. The van der Waals surface area contributed by atoms with Gasteiger partial charge < -0.3 is 10.6 Å². The third-order valence-electron chi connectivity index (χ3n) is 4.52. The molecule has 1 aromatic heterocycles. The van der Waals surface area contributed by atoms with Gasteiger partial charge in [0.2, 0.25) is 0 Å². The third-order valence-corrected chi connectivity index (χ3v) is 4.72. The van der Waals surface area contributed by atoms with E-state index in [4.69, 9.17) is 17.5 Å². The van der Waals surface area contributed by atoms with E-state index in [0.717, 1.165) is 24.1 Å². The molecule has 4 nitrogen and oxygen atoms in total. The first-order valence-electron chi connectivity index (χ1n) is 8.17. The molecular formula is C19H20N4S. The maximum Gasteiger partial charge on any atom is 0.171 e. The summed E-state index contributed by atoms with van der Waals surface area (Å²) in [5.74, 6) is 0. The molecule has 1 heterocycles. The fourth-order valence-electron chi connectivity index (χ4n) is 3.29. The molecule has 1 aromatic carbocycles. The highest BCUT2D eigenvalue weighted by Crippen LogP contribution is 2.38. The largest absolute Gasteiger partial charge is 0.353 e. The molecule has 1 fully saturated rings. The van der Waals surface area contributed by atoms with Crippen LogP contribution in [0.25, 0.3) is 0 Å². The minimum atomic E-state index is -0.126. The van der Waals surface area contributed by atoms with Crippen LogP contribution in [0.1, 0.15) is 36.8 Å². The van der Waals surface area contributed by atoms with E-state index in [0.29, 0.717) is 11.5 Å². The highest BCUT2D eigenvalue weighted by molar-refractivity contribution is 7.80. The summed E-state index contributed by atoms with van der Waals surface area (Å²) >= 11 is 5.53. The van der Waals surface area contributed by atoms with Crippen molar-refractivity contribution in [2.75, 3.05) is 5.32 Å². The van der Waals surface area contributed by atoms with Crippen LogP contribution in [0.4, 0.5) is 5.69 Å². The zero-order chi connectivity index (χ0) is 16.8. The van der Waals surface area contributed by atoms with Gasteiger partial charge in [0, 0.05) is 18.1 Å². The lowest BCUT2D eigenvalue weighted by atomic mass is 9.89. The monoisotopic (exact) mass is 336 g/mol. The summed E-state index contributed by atoms with van der Waals surface area (Å²) in [6, 6.07) is 14.0. The number of pyridine rings is 1. The van der Waals surface area contributed by atoms with Gasteiger partial charge in [0.25, 0.3) is 0 Å². The van der Waals surface area contributed by atoms with Gasteiger partial charge in [-0.05, 0) is 54.4 Å². The van der Waals surface area contributed by atoms with Crippen LogP contribution in [-0.4, -0.2) is 10.1 Å². The highest BCUT2D eigenvalue weighted by Gasteiger charge is 2.36. The van der Waals surface area contributed by atoms with Gasteiger partial charge in [-0.15, -0.1) is 0 Å². The molecule has 122 valence electrons. The van der Waals surface area contributed by atoms with E-state index in [1.54, 1.807) is 6.20 Å². The number of thiocarbonyl (C=S) groups is 1. The van der Waals surface area contributed by atoms with Crippen LogP contribution in [0.15, 0.2) is 48.8 Å². The van der Waals surface area contributed by atoms with Crippen molar-refractivity contribution < 1.29 is 0 Å². The molecule has 0 bridgehead atoms. The Bertz CT molecular complexity index is 728. The Morgan fingerprint density at radius 3 is 2.58 bits per heavy atom. The number of nitrogens with one attached hydrogen (secondary N) is 2. The molecule has 0 radical (unpaired) electrons. The van der Waals surface area contributed by atoms with Crippen molar-refractivity contribution in [2.45, 2.75) is 37.6 Å². The van der Waals surface area contributed by atoms with E-state index in [1.165, 1.54) is 18.4 Å². The predicted octanol–water partition coefficient (Wildman–Crippen LogP) is 3.90. The van der Waals surface area contributed by atoms with Crippen molar-refractivity contribution in [3.63, 3.8) is 0 Å². The van der Waals surface area contributed by atoms with E-state index in [9.17, 15) is 0 Å². The first-order chi connectivity index (χ1) is 11.7. The summed E-state index contributed by atoms with van der Waals surface area (Å²) < 4.78 is 0. The molecule has 3 rings (SSSR count). The minimum absolute atomic E-state index is 0.126. The van der Waals surface area contributed by atoms with Crippen LogP contribution in [0, 0.1) is 11.3 Å². The lowest BCUT2D eigenvalue weighted by molar-refractivity contribution is 0.407. The fourth-order valence-corrected chi connectivity index (χ4v) is 3.60. The Balaban J connectivity index is 1.69. The summed E-state index contributed by atoms with van der Waals surface area (Å²) in [5.41, 5.74) is 2.99. The molecule has 24 heavy (non-hydrogen) atoms. The fraction of sp³-hybridized carbons (Fsp3) is 0.316. The Kier molecular flexibility index (Phi) is 5.07. The number of benzene rings is 1. The van der Waals surface area contributed by atoms with Crippen LogP contribution in [0.3, 0.4) is 0 Å². The maximum absolute atomic E-state index is 8.73. The van der Waals surface area contributed by atoms with Crippen LogP contribution in [0.2, 0.25) is 0 Å². The number of hydrogen-bond acceptors (Lipinski definition) is 3. The van der Waals surface area contributed by atoms with Crippen molar-refractivity contribution in [1.29, 1.82) is 5.26 Å². The summed E-state index contributed by atoms with van der Waals surface area (Å²) in [6.07, 6.45) is 8.64. The van der Waals surface area contributed by atoms with E-state index in [2.05, 4.69) is 27.8 Å². The molecule has 2 aromatic rings. The zero-order valence-electron chi connectivity index (χ0n) is 13.5. The van der Waals surface area contributed by atoms with E-state index < -0.39 is 0 Å². The molecule has 0 spiro atoms. The molecule has 2 N–H and O–H groups in total. The average Bonchev–Trinajstić information content (AvgIpc) is 3.07. The molecule has 0 amide bonds. The van der Waals surface area contributed by atoms with E-state index >= 15 is 0 Å². The minimum Gasteiger partial charge on any atom is -0.353 e. The Morgan fingerprint density at radius 2 is 1.96 bits per heavy atom. The molecule has 1 aliphatic rings. The van der Waals surface area contributed by atoms with Crippen LogP contribution < -0.4 is 10.6 Å². The molecule has 0 aliphatic heterocycles. The second-order valence-electron chi connectivity index (χ2n) is 6.14. The number of anilines is 1. The summed E-state index contributed by atoms with van der Waals surface area (Å²) in [7, 11) is 0. The number of rotatable bonds is 4. The second kappa shape index (κ2) is 7.41. The Labute approximate surface area is 147 Å². The van der Waals surface area contributed by atoms with E-state index in [-0.39, 0.29) is 5.54 Å². The van der Waals surface area contributed by atoms with Gasteiger partial charge >= 0.3 is 0 Å². The second-order valence-corrected chi connectivity index (χ2v) is 6.55. The normalized spacial score (nSPS) is 15.5. The molecule has 0 saturated heterocycles. The van der Waals surface area contributed by atoms with Crippen LogP contribution >= 0.6 is 12.2 Å². The van der Waals surface area contributed by atoms with Gasteiger partial charge in [-0.25, -0.2) is 0 Å². The Morgan fingerprint density at radius 1 is 1.21 bits per heavy atom. The molecule has 0 unspecified atom stereocenters. The number of nitriles is 1. The smallest absolute Gasteiger partial charge is 0.171 e. The van der Waals surface area contributed by atoms with Gasteiger partial charge in [0.1, 0.15) is 0 Å². The maximum atomic E-state index is 8.73. The summed E-state index contributed by atoms with van der Waals surface area (Å²) in [6.45, 7) is 0. The third kappa shape index (κ3) is 3.72. The van der Waals surface area contributed by atoms with Crippen molar-refractivity contribution in [1.82, 2.24) is 10.3 Å². The van der Waals surface area contributed by atoms with Gasteiger partial charge in [0.05, 0.1) is 18.0 Å². The van der Waals surface area contributed by atoms with Crippen LogP contribution in [-0.2, 0) is 12.0 Å². The molecule has 1 saturated carbocycles. The first kappa shape index (κ1) is 16.4. The van der Waals surface area contributed by atoms with Crippen molar-refractivity contribution in [3.8, 4) is 6.07 Å². The summed E-state index contributed by atoms with van der Waals surface area (Å²) in [4.78, 5) is 4.26. The van der Waals surface area contributed by atoms with Gasteiger partial charge in [-0.3, -0.25) is 4.98 Å². The predicted molar refractivity (Wildman–Crippen MR) is 99.5 cm³/mol. The van der Waals surface area contributed by atoms with Gasteiger partial charge in [0.15, 0.2) is 5.11 Å². The van der Waals surface area contributed by atoms with Crippen LogP contribution in [0.5, 0.6) is 0 Å². The number of aromatic nitrogens is 1. The Hall–Kier alpha value is -2.45. The zero-order valence-corrected chi connectivity index (χ0v) is 14.3. The van der Waals surface area contributed by atoms with Crippen molar-refractivity contribution in [2.24, 2.45) is 0 Å². The molecule has 0 atom stereocenters. The van der Waals surface area contributed by atoms with Gasteiger partial charge in [-0.1, -0.05) is 31.0 Å². The lowest BCUT2D eigenvalue weighted by Crippen LogP contribution is -2.45. The standard InChI is InChI=1S/C19H20N4S/c20-12-9-15-5-7-17(8-6-15)22-18(24)23-19(10-1-2-11-19)16-4-3-13-21-14-16/h3-8,13-14H,1-2,9-11H2,(H2,22,23,24). The molecule has 1 aliphatic carbocycles.